The number of hydrogen-bond acceptors (Lipinski definition) is 3. The van der Waals surface area contributed by atoms with Gasteiger partial charge in [0, 0.05) is 0 Å². The van der Waals surface area contributed by atoms with Crippen molar-refractivity contribution in [2.24, 2.45) is 0 Å². The molecule has 0 atom stereocenters. The van der Waals surface area contributed by atoms with E-state index in [9.17, 15) is 13.0 Å². The third-order valence-electron chi connectivity index (χ3n) is 5.00. The molecule has 0 saturated heterocycles. The Bertz CT molecular complexity index is 852. The topological polar surface area (TPSA) is 57.2 Å². The van der Waals surface area contributed by atoms with Crippen molar-refractivity contribution in [3.8, 4) is 0 Å². The first-order valence-electron chi connectivity index (χ1n) is 9.12. The average Bonchev–Trinajstić information content (AvgIpc) is 2.70. The normalized spacial score (nSPS) is 11.6. The van der Waals surface area contributed by atoms with Gasteiger partial charge in [0.25, 0.3) is 0 Å². The van der Waals surface area contributed by atoms with Gasteiger partial charge in [0.05, 0.1) is 0 Å². The Morgan fingerprint density at radius 1 is 0.643 bits per heavy atom. The maximum absolute atomic E-state index is 11.0. The van der Waals surface area contributed by atoms with Gasteiger partial charge in [-0.15, -0.1) is 0 Å². The van der Waals surface area contributed by atoms with Crippen LogP contribution in [0.5, 0.6) is 0 Å². The Balaban J connectivity index is 0.00000280. The van der Waals surface area contributed by atoms with Crippen LogP contribution in [0.25, 0.3) is 0 Å². The van der Waals surface area contributed by atoms with Crippen LogP contribution in [0.1, 0.15) is 12.8 Å². The summed E-state index contributed by atoms with van der Waals surface area (Å²) in [5, 5.41) is 0. The van der Waals surface area contributed by atoms with Gasteiger partial charge in [0.1, 0.15) is 0 Å². The first-order chi connectivity index (χ1) is 13.0. The molecule has 0 spiro atoms. The molecule has 28 heavy (non-hydrogen) atoms. The molecular weight excluding hydrogens is 486 g/mol. The molecule has 0 aliphatic heterocycles. The second kappa shape index (κ2) is 10.9. The van der Waals surface area contributed by atoms with Gasteiger partial charge >= 0.3 is 196 Å². The monoisotopic (exact) mass is 510 g/mol. The molecule has 0 radical (unpaired) electrons. The molecule has 0 fully saturated rings. The fourth-order valence-corrected chi connectivity index (χ4v) is 18.4. The maximum atomic E-state index is 11.0. The molecule has 140 valence electrons. The molecule has 3 nitrogen and oxygen atoms in total. The van der Waals surface area contributed by atoms with Crippen LogP contribution in [0.4, 0.5) is 0 Å². The summed E-state index contributed by atoms with van der Waals surface area (Å²) in [4.78, 5) is 0. The van der Waals surface area contributed by atoms with E-state index in [-0.39, 0.29) is 35.3 Å². The summed E-state index contributed by atoms with van der Waals surface area (Å²) >= 11 is -3.30. The van der Waals surface area contributed by atoms with E-state index in [1.165, 1.54) is 10.7 Å². The van der Waals surface area contributed by atoms with E-state index < -0.39 is 28.5 Å². The fourth-order valence-electron chi connectivity index (χ4n) is 3.77. The average molecular weight is 509 g/mol. The van der Waals surface area contributed by atoms with Crippen LogP contribution in [0.15, 0.2) is 91.0 Å². The van der Waals surface area contributed by atoms with E-state index in [0.717, 1.165) is 10.9 Å². The zero-order chi connectivity index (χ0) is 19.2. The number of benzene rings is 3. The van der Waals surface area contributed by atoms with Gasteiger partial charge in [-0.05, 0) is 0 Å². The second-order valence-corrected chi connectivity index (χ2v) is 19.8. The molecule has 3 rings (SSSR count). The minimum Gasteiger partial charge on any atom is 1.00 e. The summed E-state index contributed by atoms with van der Waals surface area (Å²) in [6, 6.07) is 31.8. The predicted octanol–water partition coefficient (Wildman–Crippen LogP) is -0.514. The number of unbranched alkanes of at least 4 members (excludes halogenated alkanes) is 1. The van der Waals surface area contributed by atoms with Crippen LogP contribution in [0.2, 0.25) is 4.44 Å². The largest absolute Gasteiger partial charge is 1.00 e. The van der Waals surface area contributed by atoms with Crippen molar-refractivity contribution in [1.82, 2.24) is 0 Å². The summed E-state index contributed by atoms with van der Waals surface area (Å²) < 4.78 is 38.1. The number of hydrogen-bond donors (Lipinski definition) is 0. The summed E-state index contributed by atoms with van der Waals surface area (Å²) in [5.74, 6) is -0.284. The molecule has 0 bridgehead atoms. The van der Waals surface area contributed by atoms with Crippen molar-refractivity contribution < 1.29 is 42.5 Å². The third-order valence-corrected chi connectivity index (χ3v) is 20.2. The van der Waals surface area contributed by atoms with Crippen LogP contribution < -0.4 is 40.3 Å². The van der Waals surface area contributed by atoms with Gasteiger partial charge in [-0.25, -0.2) is 0 Å². The molecule has 0 amide bonds. The van der Waals surface area contributed by atoms with E-state index in [4.69, 9.17) is 0 Å². The van der Waals surface area contributed by atoms with Crippen molar-refractivity contribution in [1.29, 1.82) is 0 Å². The Hall–Kier alpha value is -0.631. The van der Waals surface area contributed by atoms with Crippen LogP contribution in [0.3, 0.4) is 0 Å². The van der Waals surface area contributed by atoms with Crippen LogP contribution in [0, 0.1) is 0 Å². The second-order valence-electron chi connectivity index (χ2n) is 6.72. The fraction of sp³-hybridized carbons (Fsp3) is 0.182. The van der Waals surface area contributed by atoms with Crippen LogP contribution in [-0.2, 0) is 10.1 Å². The van der Waals surface area contributed by atoms with Gasteiger partial charge in [0.2, 0.25) is 0 Å². The molecule has 0 saturated carbocycles. The summed E-state index contributed by atoms with van der Waals surface area (Å²) in [5.41, 5.74) is 0. The SMILES string of the molecule is O=S(=O)([O-])CCC[CH2][Sn]([c]1ccccc1)([c]1ccccc1)[c]1ccccc1.[Na+]. The van der Waals surface area contributed by atoms with Crippen molar-refractivity contribution >= 4 is 39.2 Å². The molecule has 0 aliphatic carbocycles. The molecule has 3 aromatic rings. The quantitative estimate of drug-likeness (QED) is 0.234. The minimum atomic E-state index is -4.16. The Labute approximate surface area is 194 Å². The van der Waals surface area contributed by atoms with Crippen LogP contribution >= 0.6 is 0 Å². The van der Waals surface area contributed by atoms with E-state index in [1.54, 1.807) is 0 Å². The summed E-state index contributed by atoms with van der Waals surface area (Å²) in [7, 11) is -4.16. The van der Waals surface area contributed by atoms with Crippen LogP contribution in [-0.4, -0.2) is 37.1 Å². The summed E-state index contributed by atoms with van der Waals surface area (Å²) in [6.07, 6.45) is 1.15. The molecular formula is C22H23NaO3SSn. The Morgan fingerprint density at radius 3 is 1.32 bits per heavy atom. The van der Waals surface area contributed by atoms with Crippen molar-refractivity contribution in [3.63, 3.8) is 0 Å². The summed E-state index contributed by atoms with van der Waals surface area (Å²) in [6.45, 7) is 0. The molecule has 3 aromatic carbocycles. The van der Waals surface area contributed by atoms with E-state index in [2.05, 4.69) is 72.8 Å². The first kappa shape index (κ1) is 23.6. The molecule has 0 N–H and O–H groups in total. The molecule has 0 aliphatic rings. The van der Waals surface area contributed by atoms with Crippen molar-refractivity contribution in [3.05, 3.63) is 91.0 Å². The van der Waals surface area contributed by atoms with Gasteiger partial charge in [-0.2, -0.15) is 0 Å². The zero-order valence-electron chi connectivity index (χ0n) is 16.1. The molecule has 6 heteroatoms. The number of rotatable bonds is 8. The zero-order valence-corrected chi connectivity index (χ0v) is 21.8. The van der Waals surface area contributed by atoms with Gasteiger partial charge in [-0.1, -0.05) is 0 Å². The first-order valence-corrected chi connectivity index (χ1v) is 17.0. The van der Waals surface area contributed by atoms with Crippen molar-refractivity contribution in [2.45, 2.75) is 17.3 Å². The predicted molar refractivity (Wildman–Crippen MR) is 113 cm³/mol. The standard InChI is InChI=1S/3C6H5.C4H9O3S.Na.Sn/c3*1-2-4-6-5-3-1;1-2-3-4-8(5,6)7;;/h3*1-5H;1-4H2,(H,5,6,7);;/q;;;;+1;/p-1. The Kier molecular flexibility index (Phi) is 9.25. The van der Waals surface area contributed by atoms with Crippen molar-refractivity contribution in [2.75, 3.05) is 5.75 Å². The molecule has 0 unspecified atom stereocenters. The maximum Gasteiger partial charge on any atom is 1.00 e. The minimum absolute atomic E-state index is 0. The molecule has 0 heterocycles. The molecule has 0 aromatic heterocycles. The Morgan fingerprint density at radius 2 is 1.00 bits per heavy atom. The van der Waals surface area contributed by atoms with Gasteiger partial charge in [-0.3, -0.25) is 0 Å². The van der Waals surface area contributed by atoms with E-state index in [0.29, 0.717) is 6.42 Å². The van der Waals surface area contributed by atoms with E-state index >= 15 is 0 Å². The third kappa shape index (κ3) is 5.94. The smallest absolute Gasteiger partial charge is 1.00 e. The van der Waals surface area contributed by atoms with Gasteiger partial charge in [0.15, 0.2) is 0 Å². The van der Waals surface area contributed by atoms with Gasteiger partial charge < -0.3 is 0 Å². The van der Waals surface area contributed by atoms with E-state index in [1.807, 2.05) is 18.2 Å².